The van der Waals surface area contributed by atoms with E-state index in [-0.39, 0.29) is 0 Å². The van der Waals surface area contributed by atoms with Gasteiger partial charge in [-0.25, -0.2) is 4.98 Å². The van der Waals surface area contributed by atoms with E-state index in [1.165, 1.54) is 31.2 Å². The van der Waals surface area contributed by atoms with Crippen molar-refractivity contribution >= 4 is 5.96 Å². The van der Waals surface area contributed by atoms with E-state index < -0.39 is 0 Å². The summed E-state index contributed by atoms with van der Waals surface area (Å²) in [6, 6.07) is 8.18. The second-order valence-electron chi connectivity index (χ2n) is 7.31. The molecule has 1 saturated carbocycles. The molecule has 5 nitrogen and oxygen atoms in total. The Balaban J connectivity index is 1.53. The Morgan fingerprint density at radius 3 is 2.60 bits per heavy atom. The van der Waals surface area contributed by atoms with Crippen LogP contribution >= 0.6 is 0 Å². The van der Waals surface area contributed by atoms with E-state index in [2.05, 4.69) is 46.6 Å². The number of aryl methyl sites for hydroxylation is 1. The fourth-order valence-corrected chi connectivity index (χ4v) is 3.31. The van der Waals surface area contributed by atoms with Crippen molar-refractivity contribution in [3.05, 3.63) is 41.8 Å². The summed E-state index contributed by atoms with van der Waals surface area (Å²) in [5.74, 6) is 1.46. The van der Waals surface area contributed by atoms with Crippen molar-refractivity contribution in [2.24, 2.45) is 10.4 Å². The van der Waals surface area contributed by atoms with Gasteiger partial charge in [0.2, 0.25) is 5.89 Å². The highest BCUT2D eigenvalue weighted by molar-refractivity contribution is 5.79. The third-order valence-electron chi connectivity index (χ3n) is 5.00. The number of benzene rings is 1. The second kappa shape index (κ2) is 7.72. The van der Waals surface area contributed by atoms with Crippen molar-refractivity contribution in [2.45, 2.75) is 46.1 Å². The number of aromatic nitrogens is 1. The van der Waals surface area contributed by atoms with Gasteiger partial charge < -0.3 is 15.1 Å². The van der Waals surface area contributed by atoms with Gasteiger partial charge in [-0.15, -0.1) is 0 Å². The second-order valence-corrected chi connectivity index (χ2v) is 7.31. The van der Waals surface area contributed by atoms with Gasteiger partial charge in [0.25, 0.3) is 0 Å². The first-order valence-electron chi connectivity index (χ1n) is 9.04. The molecule has 0 radical (unpaired) electrons. The van der Waals surface area contributed by atoms with E-state index in [0.717, 1.165) is 23.8 Å². The quantitative estimate of drug-likeness (QED) is 0.640. The van der Waals surface area contributed by atoms with Crippen LogP contribution in [0.5, 0.6) is 0 Å². The van der Waals surface area contributed by atoms with Gasteiger partial charge in [0.05, 0.1) is 12.2 Å². The standard InChI is InChI=1S/C20H28N4O/c1-15-6-8-16(9-7-15)18-24-17(13-25-18)12-22-19(21-3)23-14-20(2)10-4-5-11-20/h6-9,13H,4-5,10-12,14H2,1-3H3,(H2,21,22,23). The molecule has 0 unspecified atom stereocenters. The van der Waals surface area contributed by atoms with Gasteiger partial charge in [-0.3, -0.25) is 4.99 Å². The van der Waals surface area contributed by atoms with Crippen LogP contribution in [0.15, 0.2) is 39.9 Å². The lowest BCUT2D eigenvalue weighted by Gasteiger charge is -2.25. The monoisotopic (exact) mass is 340 g/mol. The summed E-state index contributed by atoms with van der Waals surface area (Å²) < 4.78 is 5.60. The van der Waals surface area contributed by atoms with Crippen molar-refractivity contribution in [3.8, 4) is 11.5 Å². The average molecular weight is 340 g/mol. The van der Waals surface area contributed by atoms with E-state index in [0.29, 0.717) is 17.9 Å². The lowest BCUT2D eigenvalue weighted by Crippen LogP contribution is -2.41. The summed E-state index contributed by atoms with van der Waals surface area (Å²) in [5.41, 5.74) is 3.48. The molecular formula is C20H28N4O. The molecule has 1 aliphatic rings. The van der Waals surface area contributed by atoms with Crippen LogP contribution < -0.4 is 10.6 Å². The predicted molar refractivity (Wildman–Crippen MR) is 101 cm³/mol. The lowest BCUT2D eigenvalue weighted by atomic mass is 9.89. The molecule has 0 atom stereocenters. The number of nitrogens with one attached hydrogen (secondary N) is 2. The smallest absolute Gasteiger partial charge is 0.226 e. The molecule has 2 N–H and O–H groups in total. The van der Waals surface area contributed by atoms with E-state index in [4.69, 9.17) is 4.42 Å². The topological polar surface area (TPSA) is 62.5 Å². The van der Waals surface area contributed by atoms with E-state index >= 15 is 0 Å². The van der Waals surface area contributed by atoms with Crippen LogP contribution in [-0.4, -0.2) is 24.5 Å². The summed E-state index contributed by atoms with van der Waals surface area (Å²) in [4.78, 5) is 8.86. The van der Waals surface area contributed by atoms with Crippen LogP contribution in [0.4, 0.5) is 0 Å². The molecule has 134 valence electrons. The molecular weight excluding hydrogens is 312 g/mol. The van der Waals surface area contributed by atoms with Crippen LogP contribution in [-0.2, 0) is 6.54 Å². The molecule has 25 heavy (non-hydrogen) atoms. The highest BCUT2D eigenvalue weighted by Gasteiger charge is 2.28. The first-order chi connectivity index (χ1) is 12.1. The minimum absolute atomic E-state index is 0.393. The Morgan fingerprint density at radius 2 is 1.92 bits per heavy atom. The Kier molecular flexibility index (Phi) is 5.41. The van der Waals surface area contributed by atoms with Gasteiger partial charge in [-0.05, 0) is 37.3 Å². The van der Waals surface area contributed by atoms with Crippen molar-refractivity contribution in [3.63, 3.8) is 0 Å². The number of nitrogens with zero attached hydrogens (tertiary/aromatic N) is 2. The number of aliphatic imine (C=N–C) groups is 1. The predicted octanol–water partition coefficient (Wildman–Crippen LogP) is 3.90. The summed E-state index contributed by atoms with van der Waals surface area (Å²) in [7, 11) is 1.80. The molecule has 1 aromatic heterocycles. The zero-order chi connectivity index (χ0) is 17.7. The van der Waals surface area contributed by atoms with Gasteiger partial charge in [0, 0.05) is 19.2 Å². The fourth-order valence-electron chi connectivity index (χ4n) is 3.31. The Hall–Kier alpha value is -2.30. The molecule has 0 spiro atoms. The first kappa shape index (κ1) is 17.5. The Labute approximate surface area is 150 Å². The number of oxazole rings is 1. The molecule has 1 aromatic carbocycles. The molecule has 2 aromatic rings. The average Bonchev–Trinajstić information content (AvgIpc) is 3.25. The van der Waals surface area contributed by atoms with Crippen molar-refractivity contribution in [1.82, 2.24) is 15.6 Å². The largest absolute Gasteiger partial charge is 0.444 e. The number of hydrogen-bond donors (Lipinski definition) is 2. The summed E-state index contributed by atoms with van der Waals surface area (Å²) in [6.45, 7) is 5.97. The first-order valence-corrected chi connectivity index (χ1v) is 9.04. The maximum atomic E-state index is 5.60. The van der Waals surface area contributed by atoms with Gasteiger partial charge >= 0.3 is 0 Å². The maximum absolute atomic E-state index is 5.60. The minimum atomic E-state index is 0.393. The number of rotatable bonds is 5. The molecule has 0 aliphatic heterocycles. The molecule has 5 heteroatoms. The lowest BCUT2D eigenvalue weighted by molar-refractivity contribution is 0.334. The van der Waals surface area contributed by atoms with E-state index in [1.807, 2.05) is 12.1 Å². The fraction of sp³-hybridized carbons (Fsp3) is 0.500. The molecule has 1 fully saturated rings. The van der Waals surface area contributed by atoms with Crippen molar-refractivity contribution < 1.29 is 4.42 Å². The summed E-state index contributed by atoms with van der Waals surface area (Å²) >= 11 is 0. The van der Waals surface area contributed by atoms with Crippen LogP contribution in [0, 0.1) is 12.3 Å². The van der Waals surface area contributed by atoms with Crippen molar-refractivity contribution in [2.75, 3.05) is 13.6 Å². The minimum Gasteiger partial charge on any atom is -0.444 e. The molecule has 0 amide bonds. The number of guanidine groups is 1. The van der Waals surface area contributed by atoms with E-state index in [1.54, 1.807) is 13.3 Å². The summed E-state index contributed by atoms with van der Waals surface area (Å²) in [5, 5.41) is 6.76. The van der Waals surface area contributed by atoms with Crippen LogP contribution in [0.25, 0.3) is 11.5 Å². The molecule has 1 heterocycles. The molecule has 1 aliphatic carbocycles. The van der Waals surface area contributed by atoms with Gasteiger partial charge in [-0.2, -0.15) is 0 Å². The van der Waals surface area contributed by atoms with Crippen LogP contribution in [0.3, 0.4) is 0 Å². The van der Waals surface area contributed by atoms with Gasteiger partial charge in [-0.1, -0.05) is 37.5 Å². The molecule has 0 saturated heterocycles. The normalized spacial score (nSPS) is 16.8. The Bertz CT molecular complexity index is 712. The zero-order valence-corrected chi connectivity index (χ0v) is 15.4. The van der Waals surface area contributed by atoms with Gasteiger partial charge in [0.1, 0.15) is 6.26 Å². The number of hydrogen-bond acceptors (Lipinski definition) is 3. The van der Waals surface area contributed by atoms with E-state index in [9.17, 15) is 0 Å². The molecule has 3 rings (SSSR count). The third kappa shape index (κ3) is 4.62. The van der Waals surface area contributed by atoms with Crippen molar-refractivity contribution in [1.29, 1.82) is 0 Å². The Morgan fingerprint density at radius 1 is 1.20 bits per heavy atom. The SMILES string of the molecule is CN=C(NCc1coc(-c2ccc(C)cc2)n1)NCC1(C)CCCC1. The highest BCUT2D eigenvalue weighted by Crippen LogP contribution is 2.36. The van der Waals surface area contributed by atoms with Crippen LogP contribution in [0.2, 0.25) is 0 Å². The van der Waals surface area contributed by atoms with Gasteiger partial charge in [0.15, 0.2) is 5.96 Å². The maximum Gasteiger partial charge on any atom is 0.226 e. The highest BCUT2D eigenvalue weighted by atomic mass is 16.3. The zero-order valence-electron chi connectivity index (χ0n) is 15.4. The molecule has 0 bridgehead atoms. The third-order valence-corrected chi connectivity index (χ3v) is 5.00. The summed E-state index contributed by atoms with van der Waals surface area (Å²) in [6.07, 6.45) is 6.96. The van der Waals surface area contributed by atoms with Crippen LogP contribution in [0.1, 0.15) is 43.9 Å².